The second-order valence-corrected chi connectivity index (χ2v) is 6.28. The van der Waals surface area contributed by atoms with E-state index in [2.05, 4.69) is 31.8 Å². The van der Waals surface area contributed by atoms with Gasteiger partial charge in [-0.1, -0.05) is 34.1 Å². The Morgan fingerprint density at radius 2 is 1.70 bits per heavy atom. The first-order valence-electron chi connectivity index (χ1n) is 6.69. The van der Waals surface area contributed by atoms with Gasteiger partial charge in [-0.3, -0.25) is 5.43 Å². The van der Waals surface area contributed by atoms with Crippen molar-refractivity contribution in [2.24, 2.45) is 0 Å². The van der Waals surface area contributed by atoms with Gasteiger partial charge in [-0.15, -0.1) is 0 Å². The molecule has 23 heavy (non-hydrogen) atoms. The average molecular weight is 406 g/mol. The van der Waals surface area contributed by atoms with Gasteiger partial charge in [0.25, 0.3) is 0 Å². The lowest BCUT2D eigenvalue weighted by Crippen LogP contribution is -2.21. The maximum absolute atomic E-state index is 5.40. The van der Waals surface area contributed by atoms with E-state index >= 15 is 0 Å². The predicted molar refractivity (Wildman–Crippen MR) is 102 cm³/mol. The Bertz CT molecular complexity index is 871. The van der Waals surface area contributed by atoms with Gasteiger partial charge in [0.2, 0.25) is 9.88 Å². The molecular weight excluding hydrogens is 394 g/mol. The van der Waals surface area contributed by atoms with Crippen LogP contribution in [0, 0.1) is 4.77 Å². The molecule has 8 heteroatoms. The molecule has 3 aromatic rings. The van der Waals surface area contributed by atoms with E-state index in [1.54, 1.807) is 11.0 Å². The third-order valence-corrected chi connectivity index (χ3v) is 4.15. The van der Waals surface area contributed by atoms with Crippen LogP contribution in [0.5, 0.6) is 0 Å². The summed E-state index contributed by atoms with van der Waals surface area (Å²) < 4.78 is 4.58. The first-order chi connectivity index (χ1) is 11.1. The van der Waals surface area contributed by atoms with Crippen molar-refractivity contribution in [3.63, 3.8) is 0 Å². The van der Waals surface area contributed by atoms with Crippen molar-refractivity contribution < 1.29 is 0 Å². The highest BCUT2D eigenvalue weighted by Gasteiger charge is 2.07. The minimum Gasteiger partial charge on any atom is -0.331 e. The van der Waals surface area contributed by atoms with Gasteiger partial charge in [-0.25, -0.2) is 4.68 Å². The lowest BCUT2D eigenvalue weighted by atomic mass is 10.3. The van der Waals surface area contributed by atoms with Gasteiger partial charge in [0, 0.05) is 10.2 Å². The molecule has 0 aliphatic heterocycles. The summed E-state index contributed by atoms with van der Waals surface area (Å²) in [5, 5.41) is 7.74. The molecule has 0 atom stereocenters. The molecule has 0 fully saturated rings. The van der Waals surface area contributed by atoms with Crippen LogP contribution < -0.4 is 10.7 Å². The SMILES string of the molecule is S=C(Nc1ccc(Br)cc1)n1ncn(Nc2ccccc2)c1=S. The Labute approximate surface area is 152 Å². The van der Waals surface area contributed by atoms with E-state index in [0.717, 1.165) is 15.8 Å². The lowest BCUT2D eigenvalue weighted by Gasteiger charge is -2.08. The first kappa shape index (κ1) is 15.9. The fourth-order valence-electron chi connectivity index (χ4n) is 1.88. The fraction of sp³-hybridized carbons (Fsp3) is 0. The minimum absolute atomic E-state index is 0.408. The van der Waals surface area contributed by atoms with Gasteiger partial charge >= 0.3 is 0 Å². The molecule has 2 N–H and O–H groups in total. The average Bonchev–Trinajstić information content (AvgIpc) is 2.92. The van der Waals surface area contributed by atoms with E-state index < -0.39 is 0 Å². The Morgan fingerprint density at radius 1 is 1.00 bits per heavy atom. The second-order valence-electron chi connectivity index (χ2n) is 4.61. The smallest absolute Gasteiger partial charge is 0.224 e. The van der Waals surface area contributed by atoms with Crippen molar-refractivity contribution >= 4 is 56.9 Å². The Kier molecular flexibility index (Phi) is 4.85. The van der Waals surface area contributed by atoms with Crippen LogP contribution in [-0.2, 0) is 0 Å². The van der Waals surface area contributed by atoms with Crippen molar-refractivity contribution in [1.29, 1.82) is 0 Å². The van der Waals surface area contributed by atoms with Crippen LogP contribution in [0.25, 0.3) is 0 Å². The molecule has 116 valence electrons. The number of nitrogens with zero attached hydrogens (tertiary/aromatic N) is 3. The zero-order chi connectivity index (χ0) is 16.2. The highest BCUT2D eigenvalue weighted by Crippen LogP contribution is 2.14. The maximum Gasteiger partial charge on any atom is 0.224 e. The largest absolute Gasteiger partial charge is 0.331 e. The molecular formula is C15H12BrN5S2. The van der Waals surface area contributed by atoms with E-state index in [0.29, 0.717) is 9.88 Å². The van der Waals surface area contributed by atoms with E-state index in [4.69, 9.17) is 24.4 Å². The zero-order valence-corrected chi connectivity index (χ0v) is 15.0. The molecule has 2 aromatic carbocycles. The van der Waals surface area contributed by atoms with Gasteiger partial charge in [0.05, 0.1) is 5.69 Å². The van der Waals surface area contributed by atoms with Crippen LogP contribution in [0.4, 0.5) is 11.4 Å². The van der Waals surface area contributed by atoms with Crippen LogP contribution in [0.15, 0.2) is 65.4 Å². The number of thiocarbonyl (C=S) groups is 1. The summed E-state index contributed by atoms with van der Waals surface area (Å²) in [4.78, 5) is 0. The van der Waals surface area contributed by atoms with Gasteiger partial charge in [-0.05, 0) is 60.8 Å². The third-order valence-electron chi connectivity index (χ3n) is 2.98. The number of anilines is 2. The topological polar surface area (TPSA) is 46.8 Å². The summed E-state index contributed by atoms with van der Waals surface area (Å²) in [6.45, 7) is 0. The maximum atomic E-state index is 5.40. The third kappa shape index (κ3) is 3.84. The number of benzene rings is 2. The molecule has 1 heterocycles. The molecule has 0 radical (unpaired) electrons. The van der Waals surface area contributed by atoms with E-state index in [1.165, 1.54) is 4.68 Å². The minimum atomic E-state index is 0.408. The van der Waals surface area contributed by atoms with Crippen LogP contribution in [0.3, 0.4) is 0 Å². The normalized spacial score (nSPS) is 10.3. The zero-order valence-electron chi connectivity index (χ0n) is 11.8. The summed E-state index contributed by atoms with van der Waals surface area (Å²) in [5.74, 6) is 0. The number of aromatic nitrogens is 3. The van der Waals surface area contributed by atoms with E-state index in [1.807, 2.05) is 54.6 Å². The van der Waals surface area contributed by atoms with Crippen LogP contribution in [-0.4, -0.2) is 19.6 Å². The summed E-state index contributed by atoms with van der Waals surface area (Å²) >= 11 is 14.2. The summed E-state index contributed by atoms with van der Waals surface area (Å²) in [5.41, 5.74) is 4.93. The number of rotatable bonds is 3. The first-order valence-corrected chi connectivity index (χ1v) is 8.30. The predicted octanol–water partition coefficient (Wildman–Crippen LogP) is 4.30. The standard InChI is InChI=1S/C15H12BrN5S2/c16-11-6-8-12(9-7-11)18-14(22)21-15(23)20(10-17-21)19-13-4-2-1-3-5-13/h1-10,19H,(H,18,22). The molecule has 0 saturated heterocycles. The highest BCUT2D eigenvalue weighted by molar-refractivity contribution is 9.10. The summed E-state index contributed by atoms with van der Waals surface area (Å²) in [6.07, 6.45) is 1.59. The number of halogens is 1. The van der Waals surface area contributed by atoms with E-state index in [-0.39, 0.29) is 0 Å². The van der Waals surface area contributed by atoms with Crippen molar-refractivity contribution in [2.75, 3.05) is 10.7 Å². The van der Waals surface area contributed by atoms with Crippen LogP contribution in [0.1, 0.15) is 0 Å². The number of hydrogen-bond donors (Lipinski definition) is 2. The molecule has 0 bridgehead atoms. The van der Waals surface area contributed by atoms with Gasteiger partial charge in [-0.2, -0.15) is 9.78 Å². The molecule has 3 rings (SSSR count). The van der Waals surface area contributed by atoms with Crippen LogP contribution >= 0.6 is 40.4 Å². The van der Waals surface area contributed by atoms with Crippen molar-refractivity contribution in [3.05, 3.63) is 70.2 Å². The number of para-hydroxylation sites is 1. The number of nitrogens with one attached hydrogen (secondary N) is 2. The van der Waals surface area contributed by atoms with Crippen molar-refractivity contribution in [1.82, 2.24) is 14.5 Å². The molecule has 0 spiro atoms. The highest BCUT2D eigenvalue weighted by atomic mass is 79.9. The van der Waals surface area contributed by atoms with Crippen LogP contribution in [0.2, 0.25) is 0 Å². The number of hydrogen-bond acceptors (Lipinski definition) is 4. The van der Waals surface area contributed by atoms with Gasteiger partial charge in [0.1, 0.15) is 6.33 Å². The molecule has 5 nitrogen and oxygen atoms in total. The summed E-state index contributed by atoms with van der Waals surface area (Å²) in [7, 11) is 0. The van der Waals surface area contributed by atoms with Crippen molar-refractivity contribution in [3.8, 4) is 0 Å². The molecule has 0 saturated carbocycles. The Balaban J connectivity index is 1.77. The molecule has 1 aromatic heterocycles. The van der Waals surface area contributed by atoms with Gasteiger partial charge < -0.3 is 5.32 Å². The molecule has 0 aliphatic rings. The fourth-order valence-corrected chi connectivity index (χ4v) is 2.69. The Morgan fingerprint density at radius 3 is 2.39 bits per heavy atom. The van der Waals surface area contributed by atoms with Crippen molar-refractivity contribution in [2.45, 2.75) is 0 Å². The monoisotopic (exact) mass is 405 g/mol. The molecule has 0 unspecified atom stereocenters. The molecule has 0 amide bonds. The van der Waals surface area contributed by atoms with E-state index in [9.17, 15) is 0 Å². The van der Waals surface area contributed by atoms with Gasteiger partial charge in [0.15, 0.2) is 0 Å². The molecule has 0 aliphatic carbocycles. The lowest BCUT2D eigenvalue weighted by molar-refractivity contribution is 0.898. The Hall–Kier alpha value is -2.03. The quantitative estimate of drug-likeness (QED) is 0.636. The second kappa shape index (κ2) is 7.03. The summed E-state index contributed by atoms with van der Waals surface area (Å²) in [6, 6.07) is 17.4.